The third-order valence-corrected chi connectivity index (χ3v) is 5.88. The lowest BCUT2D eigenvalue weighted by Gasteiger charge is -2.37. The zero-order chi connectivity index (χ0) is 17.8. The number of hydrogen-bond acceptors (Lipinski definition) is 0. The van der Waals surface area contributed by atoms with E-state index in [4.69, 9.17) is 0 Å². The van der Waals surface area contributed by atoms with Gasteiger partial charge in [-0.1, -0.05) is 105 Å². The molecule has 0 nitrogen and oxygen atoms in total. The molecule has 4 atom stereocenters. The standard InChI is InChI=1S/C25H30/c1-5-23-24(19(3)21-12-8-6-9-13-21)16-18(2)17-25(23)20(4)22-14-10-7-11-15-22/h6-17,19-20,23-24H,5H2,1-4H3/t19?,20-,23?,24?/m1/s1. The minimum Gasteiger partial charge on any atom is -0.0773 e. The monoisotopic (exact) mass is 330 g/mol. The van der Waals surface area contributed by atoms with Gasteiger partial charge in [0.05, 0.1) is 0 Å². The van der Waals surface area contributed by atoms with Gasteiger partial charge in [0.25, 0.3) is 0 Å². The second-order valence-electron chi connectivity index (χ2n) is 7.48. The number of benzene rings is 2. The van der Waals surface area contributed by atoms with E-state index >= 15 is 0 Å². The van der Waals surface area contributed by atoms with Crippen LogP contribution in [-0.2, 0) is 0 Å². The second-order valence-corrected chi connectivity index (χ2v) is 7.48. The Bertz CT molecular complexity index is 736. The molecule has 0 bridgehead atoms. The number of hydrogen-bond donors (Lipinski definition) is 0. The Morgan fingerprint density at radius 3 is 1.96 bits per heavy atom. The van der Waals surface area contributed by atoms with Gasteiger partial charge in [0.2, 0.25) is 0 Å². The SMILES string of the molecule is CCC1C([C@H](C)c2ccccc2)=CC(C)=CC1C(C)c1ccccc1. The summed E-state index contributed by atoms with van der Waals surface area (Å²) in [5.74, 6) is 2.18. The maximum Gasteiger partial charge on any atom is 0.00260 e. The van der Waals surface area contributed by atoms with Crippen LogP contribution in [0.2, 0.25) is 0 Å². The molecular weight excluding hydrogens is 300 g/mol. The minimum atomic E-state index is 0.472. The highest BCUT2D eigenvalue weighted by atomic mass is 14.4. The first-order chi connectivity index (χ1) is 12.1. The van der Waals surface area contributed by atoms with Crippen LogP contribution in [0.25, 0.3) is 0 Å². The Hall–Kier alpha value is -2.08. The fourth-order valence-electron chi connectivity index (χ4n) is 4.42. The van der Waals surface area contributed by atoms with Crippen molar-refractivity contribution in [1.29, 1.82) is 0 Å². The molecule has 0 fully saturated rings. The summed E-state index contributed by atoms with van der Waals surface area (Å²) in [6.45, 7) is 9.36. The molecule has 2 aromatic carbocycles. The van der Waals surface area contributed by atoms with E-state index in [1.54, 1.807) is 5.57 Å². The van der Waals surface area contributed by atoms with Crippen LogP contribution in [0.5, 0.6) is 0 Å². The van der Waals surface area contributed by atoms with Gasteiger partial charge in [-0.25, -0.2) is 0 Å². The fourth-order valence-corrected chi connectivity index (χ4v) is 4.42. The molecule has 0 spiro atoms. The van der Waals surface area contributed by atoms with Gasteiger partial charge in [-0.3, -0.25) is 0 Å². The van der Waals surface area contributed by atoms with Crippen molar-refractivity contribution in [2.75, 3.05) is 0 Å². The molecular formula is C25H30. The van der Waals surface area contributed by atoms with Crippen molar-refractivity contribution < 1.29 is 0 Å². The summed E-state index contributed by atoms with van der Waals surface area (Å²) in [5, 5.41) is 0. The molecule has 0 radical (unpaired) electrons. The molecule has 0 N–H and O–H groups in total. The molecule has 1 aliphatic carbocycles. The smallest absolute Gasteiger partial charge is 0.00260 e. The fraction of sp³-hybridized carbons (Fsp3) is 0.360. The molecule has 2 aromatic rings. The van der Waals surface area contributed by atoms with E-state index in [9.17, 15) is 0 Å². The maximum absolute atomic E-state index is 2.51. The van der Waals surface area contributed by atoms with E-state index in [0.717, 1.165) is 0 Å². The predicted molar refractivity (Wildman–Crippen MR) is 109 cm³/mol. The van der Waals surface area contributed by atoms with E-state index in [2.05, 4.69) is 101 Å². The number of rotatable bonds is 5. The van der Waals surface area contributed by atoms with Crippen LogP contribution in [0, 0.1) is 11.8 Å². The highest BCUT2D eigenvalue weighted by molar-refractivity contribution is 5.39. The molecule has 3 unspecified atom stereocenters. The zero-order valence-corrected chi connectivity index (χ0v) is 15.9. The highest BCUT2D eigenvalue weighted by Crippen LogP contribution is 2.44. The summed E-state index contributed by atoms with van der Waals surface area (Å²) in [5.41, 5.74) is 5.88. The molecule has 0 saturated carbocycles. The van der Waals surface area contributed by atoms with Crippen LogP contribution in [-0.4, -0.2) is 0 Å². The molecule has 0 aliphatic heterocycles. The third kappa shape index (κ3) is 3.79. The van der Waals surface area contributed by atoms with Crippen LogP contribution in [0.1, 0.15) is 57.1 Å². The van der Waals surface area contributed by atoms with E-state index in [-0.39, 0.29) is 0 Å². The number of allylic oxidation sites excluding steroid dienone is 4. The Balaban J connectivity index is 1.94. The lowest BCUT2D eigenvalue weighted by Crippen LogP contribution is -2.25. The Morgan fingerprint density at radius 1 is 0.840 bits per heavy atom. The van der Waals surface area contributed by atoms with Crippen molar-refractivity contribution in [3.63, 3.8) is 0 Å². The second kappa shape index (κ2) is 7.87. The van der Waals surface area contributed by atoms with Crippen LogP contribution < -0.4 is 0 Å². The van der Waals surface area contributed by atoms with Crippen LogP contribution in [0.4, 0.5) is 0 Å². The molecule has 3 rings (SSSR count). The molecule has 0 saturated heterocycles. The molecule has 0 aromatic heterocycles. The molecule has 1 aliphatic rings. The lowest BCUT2D eigenvalue weighted by molar-refractivity contribution is 0.366. The average Bonchev–Trinajstić information content (AvgIpc) is 2.67. The lowest BCUT2D eigenvalue weighted by atomic mass is 9.67. The van der Waals surface area contributed by atoms with Crippen molar-refractivity contribution >= 4 is 0 Å². The summed E-state index contributed by atoms with van der Waals surface area (Å²) in [4.78, 5) is 0. The van der Waals surface area contributed by atoms with Gasteiger partial charge in [0.15, 0.2) is 0 Å². The quantitative estimate of drug-likeness (QED) is 0.547. The van der Waals surface area contributed by atoms with E-state index in [1.807, 2.05) is 0 Å². The average molecular weight is 331 g/mol. The van der Waals surface area contributed by atoms with Crippen LogP contribution in [0.3, 0.4) is 0 Å². The largest absolute Gasteiger partial charge is 0.0773 e. The van der Waals surface area contributed by atoms with Crippen LogP contribution in [0.15, 0.2) is 84.0 Å². The summed E-state index contributed by atoms with van der Waals surface area (Å²) >= 11 is 0. The molecule has 0 heteroatoms. The Morgan fingerprint density at radius 2 is 1.40 bits per heavy atom. The van der Waals surface area contributed by atoms with Gasteiger partial charge >= 0.3 is 0 Å². The first-order valence-corrected chi connectivity index (χ1v) is 9.61. The van der Waals surface area contributed by atoms with Crippen LogP contribution >= 0.6 is 0 Å². The normalized spacial score (nSPS) is 22.7. The topological polar surface area (TPSA) is 0 Å². The van der Waals surface area contributed by atoms with E-state index in [0.29, 0.717) is 23.7 Å². The van der Waals surface area contributed by atoms with Crippen molar-refractivity contribution in [2.45, 2.75) is 46.0 Å². The van der Waals surface area contributed by atoms with Gasteiger partial charge in [-0.2, -0.15) is 0 Å². The zero-order valence-electron chi connectivity index (χ0n) is 15.9. The molecule has 130 valence electrons. The maximum atomic E-state index is 2.51. The van der Waals surface area contributed by atoms with E-state index < -0.39 is 0 Å². The molecule has 0 heterocycles. The third-order valence-electron chi connectivity index (χ3n) is 5.88. The van der Waals surface area contributed by atoms with Crippen molar-refractivity contribution in [3.8, 4) is 0 Å². The minimum absolute atomic E-state index is 0.472. The van der Waals surface area contributed by atoms with Gasteiger partial charge in [0, 0.05) is 5.92 Å². The Labute approximate surface area is 153 Å². The van der Waals surface area contributed by atoms with Crippen molar-refractivity contribution in [2.24, 2.45) is 11.8 Å². The highest BCUT2D eigenvalue weighted by Gasteiger charge is 2.32. The molecule has 25 heavy (non-hydrogen) atoms. The summed E-state index contributed by atoms with van der Waals surface area (Å²) in [7, 11) is 0. The Kier molecular flexibility index (Phi) is 5.58. The van der Waals surface area contributed by atoms with Crippen molar-refractivity contribution in [3.05, 3.63) is 95.1 Å². The van der Waals surface area contributed by atoms with Gasteiger partial charge < -0.3 is 0 Å². The van der Waals surface area contributed by atoms with Gasteiger partial charge in [0.1, 0.15) is 0 Å². The first-order valence-electron chi connectivity index (χ1n) is 9.61. The predicted octanol–water partition coefficient (Wildman–Crippen LogP) is 7.12. The van der Waals surface area contributed by atoms with Crippen molar-refractivity contribution in [1.82, 2.24) is 0 Å². The summed E-state index contributed by atoms with van der Waals surface area (Å²) in [6.07, 6.45) is 6.14. The summed E-state index contributed by atoms with van der Waals surface area (Å²) in [6, 6.07) is 21.9. The summed E-state index contributed by atoms with van der Waals surface area (Å²) < 4.78 is 0. The van der Waals surface area contributed by atoms with Gasteiger partial charge in [-0.15, -0.1) is 0 Å². The van der Waals surface area contributed by atoms with E-state index in [1.165, 1.54) is 23.1 Å². The first kappa shape index (κ1) is 17.7. The molecule has 0 amide bonds. The van der Waals surface area contributed by atoms with Gasteiger partial charge in [-0.05, 0) is 42.2 Å².